The topological polar surface area (TPSA) is 47.9 Å². The lowest BCUT2D eigenvalue weighted by Gasteiger charge is -2.35. The zero-order valence-electron chi connectivity index (χ0n) is 18.5. The predicted octanol–water partition coefficient (Wildman–Crippen LogP) is 6.22. The molecule has 5 heteroatoms. The summed E-state index contributed by atoms with van der Waals surface area (Å²) in [5, 5.41) is 7.45. The quantitative estimate of drug-likeness (QED) is 0.351. The molecule has 0 fully saturated rings. The highest BCUT2D eigenvalue weighted by Gasteiger charge is 2.32. The van der Waals surface area contributed by atoms with E-state index in [1.807, 2.05) is 42.5 Å². The zero-order valence-corrected chi connectivity index (χ0v) is 18.5. The van der Waals surface area contributed by atoms with Gasteiger partial charge in [-0.05, 0) is 53.4 Å². The maximum Gasteiger partial charge on any atom is 0.233 e. The highest BCUT2D eigenvalue weighted by molar-refractivity contribution is 5.59. The Morgan fingerprint density at radius 1 is 0.844 bits per heavy atom. The van der Waals surface area contributed by atoms with Gasteiger partial charge >= 0.3 is 0 Å². The molecule has 0 radical (unpaired) electrons. The van der Waals surface area contributed by atoms with E-state index in [0.29, 0.717) is 18.2 Å². The monoisotopic (exact) mass is 427 g/mol. The van der Waals surface area contributed by atoms with Gasteiger partial charge in [0.25, 0.3) is 0 Å². The van der Waals surface area contributed by atoms with Crippen molar-refractivity contribution in [1.82, 2.24) is 15.2 Å². The summed E-state index contributed by atoms with van der Waals surface area (Å²) in [6, 6.07) is 25.3. The van der Waals surface area contributed by atoms with Crippen LogP contribution < -0.4 is 4.74 Å². The van der Waals surface area contributed by atoms with E-state index in [2.05, 4.69) is 60.2 Å². The van der Waals surface area contributed by atoms with E-state index in [9.17, 15) is 4.39 Å². The Kier molecular flexibility index (Phi) is 6.26. The third-order valence-corrected chi connectivity index (χ3v) is 6.13. The standard InChI is InChI=1S/C27H26FN3O/c1-19(2)27(3,21-9-7-20(8-10-21)25-15-16-26(28)31-30-25)22-11-13-24(14-12-22)32-18-23-6-4-5-17-29-23/h4-17,19H,18H2,1-3H3. The van der Waals surface area contributed by atoms with Gasteiger partial charge in [-0.2, -0.15) is 4.39 Å². The molecule has 0 N–H and O–H groups in total. The molecule has 0 aliphatic heterocycles. The molecule has 4 rings (SSSR count). The SMILES string of the molecule is CC(C)C(C)(c1ccc(OCc2ccccn2)cc1)c1ccc(-c2ccc(F)nn2)cc1. The van der Waals surface area contributed by atoms with Gasteiger partial charge in [-0.3, -0.25) is 4.98 Å². The molecule has 32 heavy (non-hydrogen) atoms. The number of nitrogens with zero attached hydrogens (tertiary/aromatic N) is 3. The lowest BCUT2D eigenvalue weighted by molar-refractivity contribution is 0.301. The van der Waals surface area contributed by atoms with Crippen LogP contribution >= 0.6 is 0 Å². The Morgan fingerprint density at radius 2 is 1.53 bits per heavy atom. The van der Waals surface area contributed by atoms with Crippen LogP contribution in [0.4, 0.5) is 4.39 Å². The first-order chi connectivity index (χ1) is 15.5. The van der Waals surface area contributed by atoms with Crippen molar-refractivity contribution in [3.8, 4) is 17.0 Å². The number of halogens is 1. The predicted molar refractivity (Wildman–Crippen MR) is 124 cm³/mol. The van der Waals surface area contributed by atoms with E-state index in [1.54, 1.807) is 12.3 Å². The molecular weight excluding hydrogens is 401 g/mol. The largest absolute Gasteiger partial charge is 0.487 e. The number of hydrogen-bond donors (Lipinski definition) is 0. The normalized spacial score (nSPS) is 13.0. The van der Waals surface area contributed by atoms with Gasteiger partial charge in [0, 0.05) is 17.2 Å². The summed E-state index contributed by atoms with van der Waals surface area (Å²) in [6.45, 7) is 7.15. The van der Waals surface area contributed by atoms with Crippen LogP contribution in [0.5, 0.6) is 5.75 Å². The minimum Gasteiger partial charge on any atom is -0.487 e. The van der Waals surface area contributed by atoms with Crippen LogP contribution in [-0.2, 0) is 12.0 Å². The van der Waals surface area contributed by atoms with Gasteiger partial charge in [0.15, 0.2) is 0 Å². The zero-order chi connectivity index (χ0) is 22.6. The van der Waals surface area contributed by atoms with Crippen LogP contribution in [0.2, 0.25) is 0 Å². The lowest BCUT2D eigenvalue weighted by Crippen LogP contribution is -2.30. The molecule has 2 heterocycles. The molecule has 0 saturated carbocycles. The molecule has 0 bridgehead atoms. The van der Waals surface area contributed by atoms with Gasteiger partial charge in [-0.25, -0.2) is 0 Å². The van der Waals surface area contributed by atoms with Gasteiger partial charge in [0.1, 0.15) is 12.4 Å². The molecule has 0 aliphatic rings. The van der Waals surface area contributed by atoms with Crippen LogP contribution in [0.3, 0.4) is 0 Å². The van der Waals surface area contributed by atoms with Crippen LogP contribution in [0.25, 0.3) is 11.3 Å². The Labute approximate surface area is 188 Å². The van der Waals surface area contributed by atoms with Crippen molar-refractivity contribution < 1.29 is 9.13 Å². The van der Waals surface area contributed by atoms with Crippen molar-refractivity contribution in [2.24, 2.45) is 5.92 Å². The summed E-state index contributed by atoms with van der Waals surface area (Å²) in [7, 11) is 0. The molecule has 4 nitrogen and oxygen atoms in total. The molecule has 1 atom stereocenters. The summed E-state index contributed by atoms with van der Waals surface area (Å²) in [5.41, 5.74) is 4.69. The van der Waals surface area contributed by atoms with Crippen molar-refractivity contribution in [1.29, 1.82) is 0 Å². The number of rotatable bonds is 7. The minimum atomic E-state index is -0.579. The van der Waals surface area contributed by atoms with E-state index in [4.69, 9.17) is 4.74 Å². The number of pyridine rings is 1. The second-order valence-electron chi connectivity index (χ2n) is 8.31. The lowest BCUT2D eigenvalue weighted by atomic mass is 9.68. The molecular formula is C27H26FN3O. The van der Waals surface area contributed by atoms with Crippen LogP contribution in [0, 0.1) is 11.9 Å². The molecule has 4 aromatic rings. The average molecular weight is 428 g/mol. The van der Waals surface area contributed by atoms with Crippen molar-refractivity contribution in [2.75, 3.05) is 0 Å². The van der Waals surface area contributed by atoms with Crippen molar-refractivity contribution in [3.05, 3.63) is 108 Å². The van der Waals surface area contributed by atoms with Gasteiger partial charge in [0.2, 0.25) is 5.95 Å². The summed E-state index contributed by atoms with van der Waals surface area (Å²) < 4.78 is 19.0. The number of ether oxygens (including phenoxy) is 1. The minimum absolute atomic E-state index is 0.188. The summed E-state index contributed by atoms with van der Waals surface area (Å²) in [6.07, 6.45) is 1.77. The first kappa shape index (κ1) is 21.6. The number of benzene rings is 2. The number of hydrogen-bond acceptors (Lipinski definition) is 4. The molecule has 0 amide bonds. The maximum atomic E-state index is 13.1. The van der Waals surface area contributed by atoms with E-state index >= 15 is 0 Å². The third-order valence-electron chi connectivity index (χ3n) is 6.13. The van der Waals surface area contributed by atoms with Crippen molar-refractivity contribution in [2.45, 2.75) is 32.8 Å². The van der Waals surface area contributed by atoms with Gasteiger partial charge in [-0.1, -0.05) is 63.2 Å². The molecule has 1 unspecified atom stereocenters. The number of aromatic nitrogens is 3. The molecule has 0 spiro atoms. The highest BCUT2D eigenvalue weighted by Crippen LogP contribution is 2.40. The fraction of sp³-hybridized carbons (Fsp3) is 0.222. The Balaban J connectivity index is 1.55. The van der Waals surface area contributed by atoms with E-state index in [-0.39, 0.29) is 5.41 Å². The Hall–Kier alpha value is -3.60. The first-order valence-corrected chi connectivity index (χ1v) is 10.7. The van der Waals surface area contributed by atoms with Crippen LogP contribution in [0.15, 0.2) is 85.1 Å². The Bertz CT molecular complexity index is 1140. The van der Waals surface area contributed by atoms with Crippen LogP contribution in [0.1, 0.15) is 37.6 Å². The highest BCUT2D eigenvalue weighted by atomic mass is 19.1. The second-order valence-corrected chi connectivity index (χ2v) is 8.31. The third kappa shape index (κ3) is 4.52. The van der Waals surface area contributed by atoms with Crippen LogP contribution in [-0.4, -0.2) is 15.2 Å². The van der Waals surface area contributed by atoms with E-state index in [1.165, 1.54) is 17.2 Å². The first-order valence-electron chi connectivity index (χ1n) is 10.7. The Morgan fingerprint density at radius 3 is 2.09 bits per heavy atom. The van der Waals surface area contributed by atoms with Gasteiger partial charge in [0.05, 0.1) is 11.4 Å². The fourth-order valence-corrected chi connectivity index (χ4v) is 3.83. The molecule has 0 saturated heterocycles. The van der Waals surface area contributed by atoms with E-state index in [0.717, 1.165) is 17.0 Å². The fourth-order valence-electron chi connectivity index (χ4n) is 3.83. The smallest absolute Gasteiger partial charge is 0.233 e. The van der Waals surface area contributed by atoms with Crippen molar-refractivity contribution in [3.63, 3.8) is 0 Å². The molecule has 162 valence electrons. The molecule has 0 aliphatic carbocycles. The maximum absolute atomic E-state index is 13.1. The van der Waals surface area contributed by atoms with Gasteiger partial charge < -0.3 is 4.74 Å². The summed E-state index contributed by atoms with van der Waals surface area (Å²) in [5.74, 6) is 0.597. The van der Waals surface area contributed by atoms with E-state index < -0.39 is 5.95 Å². The molecule has 2 aromatic carbocycles. The summed E-state index contributed by atoms with van der Waals surface area (Å²) in [4.78, 5) is 4.29. The van der Waals surface area contributed by atoms with Gasteiger partial charge in [-0.15, -0.1) is 10.2 Å². The average Bonchev–Trinajstić information content (AvgIpc) is 2.84. The second kappa shape index (κ2) is 9.27. The molecule has 2 aromatic heterocycles. The summed E-state index contributed by atoms with van der Waals surface area (Å²) >= 11 is 0. The van der Waals surface area contributed by atoms with Crippen molar-refractivity contribution >= 4 is 0 Å².